The number of rotatable bonds is 30. The quantitative estimate of drug-likeness (QED) is 0.0327. The number of aromatic nitrogens is 3. The molecule has 0 spiro atoms. The zero-order valence-corrected chi connectivity index (χ0v) is 69.4. The van der Waals surface area contributed by atoms with Gasteiger partial charge in [-0.2, -0.15) is 0 Å². The molecule has 17 rings (SSSR count). The Labute approximate surface area is 707 Å². The third-order valence-electron chi connectivity index (χ3n) is 20.7. The summed E-state index contributed by atoms with van der Waals surface area (Å²) < 4.78 is 64.0. The Hall–Kier alpha value is -12.0. The molecule has 5 aliphatic heterocycles. The first-order valence-electron chi connectivity index (χ1n) is 38.9. The highest BCUT2D eigenvalue weighted by Gasteiger charge is 2.28. The van der Waals surface area contributed by atoms with Gasteiger partial charge in [-0.1, -0.05) is 103 Å². The number of thiazole rings is 3. The van der Waals surface area contributed by atoms with E-state index in [1.54, 1.807) is 61.4 Å². The molecule has 0 atom stereocenters. The molecule has 1 N–H and O–H groups in total. The molecular formula is C90H90ClFN12O12S3. The number of ether oxygens (including phenoxy) is 8. The molecule has 2 fully saturated rings. The average molecular weight is 1680 g/mol. The molecule has 119 heavy (non-hydrogen) atoms. The van der Waals surface area contributed by atoms with Gasteiger partial charge in [-0.3, -0.25) is 29.6 Å². The smallest absolute Gasteiger partial charge is 0.273 e. The van der Waals surface area contributed by atoms with Crippen LogP contribution in [0.4, 0.5) is 21.5 Å². The Morgan fingerprint density at radius 3 is 1.55 bits per heavy atom. The number of nitrogens with zero attached hydrogens (tertiary/aromatic N) is 11. The number of aryl methyl sites for hydroxylation is 1. The predicted molar refractivity (Wildman–Crippen MR) is 460 cm³/mol. The number of hydrogen-bond acceptors (Lipinski definition) is 25. The number of amides is 1. The fourth-order valence-corrected chi connectivity index (χ4v) is 17.0. The minimum atomic E-state index is -0.401. The van der Waals surface area contributed by atoms with E-state index < -0.39 is 4.92 Å². The molecule has 0 bridgehead atoms. The maximum Gasteiger partial charge on any atom is 0.273 e. The summed E-state index contributed by atoms with van der Waals surface area (Å²) in [7, 11) is 3.33. The topological polar surface area (TPSA) is 221 Å². The van der Waals surface area contributed by atoms with Gasteiger partial charge in [0.05, 0.1) is 80.1 Å². The van der Waals surface area contributed by atoms with Crippen LogP contribution in [0.5, 0.6) is 46.0 Å². The normalized spacial score (nSPS) is 13.8. The number of carbonyl (C=O) groups excluding carboxylic acids is 1. The minimum absolute atomic E-state index is 0.0679. The van der Waals surface area contributed by atoms with Crippen molar-refractivity contribution in [2.45, 2.75) is 72.4 Å². The summed E-state index contributed by atoms with van der Waals surface area (Å²) >= 11 is 10.9. The standard InChI is InChI=1S/C33H35FN4O4S.C31H31N5O5S.C26H24ClN3O3S/c1-23(37-12-14-38(15-13-37)29-7-5-4-6-27(29)34)28-21-43-33(35-28)20-36(18-24-8-11-30-32(16-24)42-22-41-30)19-25-9-10-26(39-2)17-31(25)40-3;1-22-2-4-23(5-3-22)17-33(18-24-6-11-28-29(16-24)41-21-40-28)19-30-32-27(20-42-30)31(37)35-14-12-34(13-15-35)25-7-9-26(10-8-25)36(38)39;1-18(28-12-22-3-2-10-31-22)23-16-34-26(29-23)15-30(13-19-4-7-21(27)8-5-19)14-20-6-9-24-25(11-20)33-17-32-24/h4-11,16-17,21H,1,12-15,18-20,22H2,2-3H3;2-11,16,20H,12-15,17-19,21H2,1H3;2-11,16,28H,1,12-15,17H2. The van der Waals surface area contributed by atoms with Gasteiger partial charge in [0.2, 0.25) is 20.4 Å². The number of para-hydroxylation sites is 1. The zero-order valence-electron chi connectivity index (χ0n) is 66.2. The first-order valence-corrected chi connectivity index (χ1v) is 41.9. The Morgan fingerprint density at radius 1 is 0.529 bits per heavy atom. The number of methoxy groups -OCH3 is 2. The Kier molecular flexibility index (Phi) is 26.9. The third-order valence-corrected chi connectivity index (χ3v) is 23.5. The van der Waals surface area contributed by atoms with Crippen LogP contribution in [0.1, 0.15) is 81.6 Å². The maximum absolute atomic E-state index is 14.3. The molecule has 0 aliphatic carbocycles. The largest absolute Gasteiger partial charge is 0.497 e. The molecule has 8 aromatic carbocycles. The van der Waals surface area contributed by atoms with Gasteiger partial charge >= 0.3 is 0 Å². The van der Waals surface area contributed by atoms with E-state index in [0.717, 1.165) is 168 Å². The summed E-state index contributed by atoms with van der Waals surface area (Å²) in [6, 6.07) is 57.9. The predicted octanol–water partition coefficient (Wildman–Crippen LogP) is 17.4. The van der Waals surface area contributed by atoms with Crippen molar-refractivity contribution in [3.8, 4) is 46.0 Å². The number of nitrogens with one attached hydrogen (secondary N) is 1. The Bertz CT molecular complexity index is 5470. The molecule has 24 nitrogen and oxygen atoms in total. The van der Waals surface area contributed by atoms with Crippen molar-refractivity contribution in [3.05, 3.63) is 315 Å². The van der Waals surface area contributed by atoms with E-state index in [-0.39, 0.29) is 37.8 Å². The van der Waals surface area contributed by atoms with Crippen molar-refractivity contribution in [2.24, 2.45) is 0 Å². The van der Waals surface area contributed by atoms with Gasteiger partial charge in [0.25, 0.3) is 11.6 Å². The highest BCUT2D eigenvalue weighted by molar-refractivity contribution is 7.10. The number of non-ortho nitro benzene ring substituents is 1. The molecular weight excluding hydrogens is 1590 g/mol. The number of halogens is 2. The zero-order chi connectivity index (χ0) is 82.1. The molecule has 29 heteroatoms. The van der Waals surface area contributed by atoms with Crippen molar-refractivity contribution in [2.75, 3.05) is 96.8 Å². The summed E-state index contributed by atoms with van der Waals surface area (Å²) in [5, 5.41) is 23.8. The highest BCUT2D eigenvalue weighted by atomic mass is 35.5. The number of nitro benzene ring substituents is 1. The number of fused-ring (bicyclic) bond motifs is 3. The lowest BCUT2D eigenvalue weighted by Crippen LogP contribution is -2.48. The highest BCUT2D eigenvalue weighted by Crippen LogP contribution is 2.38. The lowest BCUT2D eigenvalue weighted by atomic mass is 10.1. The van der Waals surface area contributed by atoms with Crippen LogP contribution in [0.2, 0.25) is 5.02 Å². The lowest BCUT2D eigenvalue weighted by Gasteiger charge is -2.37. The number of benzene rings is 8. The van der Waals surface area contributed by atoms with E-state index >= 15 is 0 Å². The number of hydrogen-bond donors (Lipinski definition) is 1. The second-order valence-electron chi connectivity index (χ2n) is 29.0. The van der Waals surface area contributed by atoms with E-state index in [4.69, 9.17) is 68.9 Å². The van der Waals surface area contributed by atoms with Crippen LogP contribution >= 0.6 is 45.6 Å². The van der Waals surface area contributed by atoms with E-state index in [9.17, 15) is 19.3 Å². The molecule has 1 amide bonds. The van der Waals surface area contributed by atoms with Gasteiger partial charge in [0, 0.05) is 142 Å². The number of piperazine rings is 2. The van der Waals surface area contributed by atoms with Gasteiger partial charge in [-0.15, -0.1) is 34.0 Å². The van der Waals surface area contributed by atoms with Gasteiger partial charge in [-0.25, -0.2) is 19.3 Å². The van der Waals surface area contributed by atoms with Crippen molar-refractivity contribution >= 4 is 80.0 Å². The fourth-order valence-electron chi connectivity index (χ4n) is 14.4. The summed E-state index contributed by atoms with van der Waals surface area (Å²) in [6.45, 7) is 23.5. The molecule has 5 aliphatic rings. The lowest BCUT2D eigenvalue weighted by molar-refractivity contribution is -0.384. The molecule has 12 aromatic rings. The maximum atomic E-state index is 14.3. The molecule has 614 valence electrons. The number of carbonyl (C=O) groups is 1. The molecule has 0 saturated carbocycles. The number of nitro groups is 1. The second kappa shape index (κ2) is 39.0. The van der Waals surface area contributed by atoms with E-state index in [1.165, 1.54) is 46.2 Å². The van der Waals surface area contributed by atoms with Crippen LogP contribution < -0.4 is 53.0 Å². The van der Waals surface area contributed by atoms with Crippen molar-refractivity contribution < 1.29 is 56.4 Å². The Morgan fingerprint density at radius 2 is 1.02 bits per heavy atom. The molecule has 0 radical (unpaired) electrons. The SMILES string of the molecule is C=C(NCc1ccco1)c1csc(CN(Cc2ccc(Cl)cc2)Cc2ccc3c(c2)OCO3)n1.C=C(c1csc(CN(Cc2ccc3c(c2)OCO3)Cc2ccc(OC)cc2OC)n1)N1CCN(c2ccccc2F)CC1.Cc1ccc(CN(Cc2ccc3c(c2)OCO3)Cc2nc(C(=O)N3CCN(c4ccc([N+](=O)[O-])cc4)CC3)cs2)cc1. The van der Waals surface area contributed by atoms with Gasteiger partial charge in [0.15, 0.2) is 34.5 Å². The molecule has 4 aromatic heterocycles. The van der Waals surface area contributed by atoms with Crippen LogP contribution in [0.25, 0.3) is 11.4 Å². The molecule has 2 saturated heterocycles. The third kappa shape index (κ3) is 21.7. The fraction of sp³-hybridized carbons (Fsp3) is 0.267. The van der Waals surface area contributed by atoms with Crippen molar-refractivity contribution in [1.29, 1.82) is 0 Å². The first-order chi connectivity index (χ1) is 58.0. The van der Waals surface area contributed by atoms with Crippen molar-refractivity contribution in [3.63, 3.8) is 0 Å². The van der Waals surface area contributed by atoms with Crippen LogP contribution in [0.15, 0.2) is 222 Å². The first kappa shape index (κ1) is 82.1. The van der Waals surface area contributed by atoms with Crippen LogP contribution in [0.3, 0.4) is 0 Å². The average Bonchev–Trinajstić information content (AvgIpc) is 1.72. The molecule has 0 unspecified atom stereocenters. The summed E-state index contributed by atoms with van der Waals surface area (Å²) in [4.78, 5) is 53.7. The summed E-state index contributed by atoms with van der Waals surface area (Å²) in [6.07, 6.45) is 1.66. The van der Waals surface area contributed by atoms with Crippen LogP contribution in [-0.4, -0.2) is 137 Å². The van der Waals surface area contributed by atoms with Crippen LogP contribution in [0, 0.1) is 22.9 Å². The molecule has 9 heterocycles. The van der Waals surface area contributed by atoms with Crippen LogP contribution in [-0.2, 0) is 65.4 Å². The minimum Gasteiger partial charge on any atom is -0.497 e. The summed E-state index contributed by atoms with van der Waals surface area (Å²) in [5.74, 6) is 6.77. The van der Waals surface area contributed by atoms with E-state index in [2.05, 4.69) is 115 Å². The summed E-state index contributed by atoms with van der Waals surface area (Å²) in [5.41, 5.74) is 13.6. The van der Waals surface area contributed by atoms with Gasteiger partial charge in [-0.05, 0) is 126 Å². The van der Waals surface area contributed by atoms with Crippen molar-refractivity contribution in [1.82, 2.24) is 44.8 Å². The van der Waals surface area contributed by atoms with Gasteiger partial charge in [0.1, 0.15) is 43.8 Å². The van der Waals surface area contributed by atoms with E-state index in [1.807, 2.05) is 107 Å². The number of furan rings is 1. The Balaban J connectivity index is 0.000000140. The van der Waals surface area contributed by atoms with E-state index in [0.29, 0.717) is 83.4 Å². The second-order valence-corrected chi connectivity index (χ2v) is 32.3. The number of anilines is 2. The van der Waals surface area contributed by atoms with Gasteiger partial charge < -0.3 is 67.2 Å². The monoisotopic (exact) mass is 1680 g/mol.